The van der Waals surface area contributed by atoms with Gasteiger partial charge in [0.05, 0.1) is 29.0 Å². The maximum atomic E-state index is 9.02. The van der Waals surface area contributed by atoms with Crippen molar-refractivity contribution in [2.75, 3.05) is 0 Å². The fourth-order valence-electron chi connectivity index (χ4n) is 6.62. The molecule has 0 saturated heterocycles. The van der Waals surface area contributed by atoms with Crippen molar-refractivity contribution >= 4 is 33.7 Å². The molecular weight excluding hydrogens is 522 g/mol. The molecular formula is C40H29N3. The third kappa shape index (κ3) is 4.29. The van der Waals surface area contributed by atoms with Crippen LogP contribution in [-0.2, 0) is 13.0 Å². The monoisotopic (exact) mass is 551 g/mol. The maximum absolute atomic E-state index is 9.02. The van der Waals surface area contributed by atoms with Gasteiger partial charge in [0.25, 0.3) is 0 Å². The first-order valence-corrected chi connectivity index (χ1v) is 14.7. The Balaban J connectivity index is 1.29. The van der Waals surface area contributed by atoms with Crippen LogP contribution in [0.5, 0.6) is 0 Å². The topological polar surface area (TPSA) is 41.1 Å². The molecule has 1 aromatic heterocycles. The van der Waals surface area contributed by atoms with Gasteiger partial charge < -0.3 is 4.57 Å². The number of hydrogen-bond acceptors (Lipinski definition) is 2. The van der Waals surface area contributed by atoms with E-state index in [0.29, 0.717) is 12.3 Å². The summed E-state index contributed by atoms with van der Waals surface area (Å²) in [5.41, 5.74) is 13.5. The summed E-state index contributed by atoms with van der Waals surface area (Å²) >= 11 is 0. The van der Waals surface area contributed by atoms with Crippen LogP contribution >= 0.6 is 0 Å². The SMILES string of the molecule is N=C(C=NCc1ccccc1)c1ccccc1-n1c2ccccc2c2ccc(-c3cccc4c3-c3ccccc3C4)cc21. The van der Waals surface area contributed by atoms with E-state index >= 15 is 0 Å². The Kier molecular flexibility index (Phi) is 6.08. The van der Waals surface area contributed by atoms with E-state index < -0.39 is 0 Å². The van der Waals surface area contributed by atoms with Crippen LogP contribution in [0.1, 0.15) is 22.3 Å². The van der Waals surface area contributed by atoms with Crippen molar-refractivity contribution in [3.8, 4) is 27.9 Å². The molecule has 8 rings (SSSR count). The highest BCUT2D eigenvalue weighted by atomic mass is 15.0. The predicted octanol–water partition coefficient (Wildman–Crippen LogP) is 9.66. The van der Waals surface area contributed by atoms with Gasteiger partial charge in [-0.2, -0.15) is 0 Å². The number of fused-ring (bicyclic) bond motifs is 6. The van der Waals surface area contributed by atoms with E-state index in [1.54, 1.807) is 6.21 Å². The average molecular weight is 552 g/mol. The van der Waals surface area contributed by atoms with E-state index in [-0.39, 0.29) is 0 Å². The second-order valence-corrected chi connectivity index (χ2v) is 11.1. The molecule has 204 valence electrons. The smallest absolute Gasteiger partial charge is 0.0811 e. The summed E-state index contributed by atoms with van der Waals surface area (Å²) in [6, 6.07) is 49.3. The molecule has 0 atom stereocenters. The summed E-state index contributed by atoms with van der Waals surface area (Å²) in [4.78, 5) is 4.61. The number of aliphatic imine (C=N–C) groups is 1. The zero-order valence-electron chi connectivity index (χ0n) is 23.7. The molecule has 3 nitrogen and oxygen atoms in total. The number of rotatable bonds is 6. The van der Waals surface area contributed by atoms with Crippen LogP contribution in [0.15, 0.2) is 145 Å². The summed E-state index contributed by atoms with van der Waals surface area (Å²) in [7, 11) is 0. The van der Waals surface area contributed by atoms with Gasteiger partial charge in [0.15, 0.2) is 0 Å². The van der Waals surface area contributed by atoms with Gasteiger partial charge in [-0.3, -0.25) is 10.4 Å². The molecule has 6 aromatic carbocycles. The van der Waals surface area contributed by atoms with Crippen LogP contribution in [-0.4, -0.2) is 16.5 Å². The van der Waals surface area contributed by atoms with Gasteiger partial charge in [-0.25, -0.2) is 0 Å². The molecule has 1 aliphatic rings. The lowest BCUT2D eigenvalue weighted by atomic mass is 9.93. The lowest BCUT2D eigenvalue weighted by Gasteiger charge is -2.14. The van der Waals surface area contributed by atoms with Gasteiger partial charge in [-0.15, -0.1) is 0 Å². The van der Waals surface area contributed by atoms with Crippen LogP contribution in [0.2, 0.25) is 0 Å². The average Bonchev–Trinajstić information content (AvgIpc) is 3.60. The first-order chi connectivity index (χ1) is 21.3. The van der Waals surface area contributed by atoms with Crippen molar-refractivity contribution in [2.24, 2.45) is 4.99 Å². The quantitative estimate of drug-likeness (QED) is 0.200. The van der Waals surface area contributed by atoms with Gasteiger partial charge in [-0.05, 0) is 63.6 Å². The fourth-order valence-corrected chi connectivity index (χ4v) is 6.62. The van der Waals surface area contributed by atoms with Crippen LogP contribution in [0, 0.1) is 5.41 Å². The largest absolute Gasteiger partial charge is 0.309 e. The lowest BCUT2D eigenvalue weighted by Crippen LogP contribution is -2.07. The molecule has 0 aliphatic heterocycles. The van der Waals surface area contributed by atoms with Gasteiger partial charge in [0.1, 0.15) is 0 Å². The van der Waals surface area contributed by atoms with Crippen molar-refractivity contribution in [3.05, 3.63) is 162 Å². The Morgan fingerprint density at radius 1 is 0.651 bits per heavy atom. The van der Waals surface area contributed by atoms with E-state index in [2.05, 4.69) is 119 Å². The van der Waals surface area contributed by atoms with Gasteiger partial charge in [-0.1, -0.05) is 121 Å². The van der Waals surface area contributed by atoms with E-state index in [4.69, 9.17) is 5.41 Å². The zero-order chi connectivity index (χ0) is 28.8. The second kappa shape index (κ2) is 10.4. The van der Waals surface area contributed by atoms with Crippen LogP contribution < -0.4 is 0 Å². The standard InChI is InChI=1S/C40H29N3/c41-36(26-42-25-27-11-2-1-3-12-27)35-17-7-9-20-38(35)43-37-19-8-6-16-33(37)34-22-21-29(24-39(34)43)32-18-10-14-30-23-28-13-4-5-15-31(28)40(30)32/h1-22,24,26,41H,23,25H2. The van der Waals surface area contributed by atoms with Crippen molar-refractivity contribution in [1.82, 2.24) is 4.57 Å². The zero-order valence-corrected chi connectivity index (χ0v) is 23.7. The van der Waals surface area contributed by atoms with Crippen LogP contribution in [0.25, 0.3) is 49.7 Å². The molecule has 1 aliphatic carbocycles. The van der Waals surface area contributed by atoms with E-state index in [0.717, 1.165) is 34.3 Å². The van der Waals surface area contributed by atoms with Crippen molar-refractivity contribution in [3.63, 3.8) is 0 Å². The van der Waals surface area contributed by atoms with E-state index in [1.807, 2.05) is 30.3 Å². The summed E-state index contributed by atoms with van der Waals surface area (Å²) in [6.07, 6.45) is 2.67. The Morgan fingerprint density at radius 2 is 1.37 bits per heavy atom. The molecule has 0 saturated carbocycles. The van der Waals surface area contributed by atoms with Crippen LogP contribution in [0.3, 0.4) is 0 Å². The number of para-hydroxylation sites is 2. The predicted molar refractivity (Wildman–Crippen MR) is 180 cm³/mol. The Labute approximate surface area is 250 Å². The molecule has 0 bridgehead atoms. The molecule has 1 N–H and O–H groups in total. The molecule has 7 aromatic rings. The first-order valence-electron chi connectivity index (χ1n) is 14.7. The molecule has 0 radical (unpaired) electrons. The number of hydrogen-bond donors (Lipinski definition) is 1. The maximum Gasteiger partial charge on any atom is 0.0811 e. The molecule has 1 heterocycles. The molecule has 0 spiro atoms. The minimum absolute atomic E-state index is 0.395. The molecule has 3 heteroatoms. The summed E-state index contributed by atoms with van der Waals surface area (Å²) in [5, 5.41) is 11.4. The third-order valence-electron chi connectivity index (χ3n) is 8.58. The van der Waals surface area contributed by atoms with Gasteiger partial charge >= 0.3 is 0 Å². The van der Waals surface area contributed by atoms with Crippen molar-refractivity contribution in [2.45, 2.75) is 13.0 Å². The van der Waals surface area contributed by atoms with E-state index in [1.165, 1.54) is 44.2 Å². The summed E-state index contributed by atoms with van der Waals surface area (Å²) in [5.74, 6) is 0. The number of aromatic nitrogens is 1. The second-order valence-electron chi connectivity index (χ2n) is 11.1. The molecule has 43 heavy (non-hydrogen) atoms. The summed E-state index contributed by atoms with van der Waals surface area (Å²) < 4.78 is 2.32. The molecule has 0 unspecified atom stereocenters. The first kappa shape index (κ1) is 25.2. The lowest BCUT2D eigenvalue weighted by molar-refractivity contribution is 1.08. The van der Waals surface area contributed by atoms with E-state index in [9.17, 15) is 0 Å². The Morgan fingerprint density at radius 3 is 2.30 bits per heavy atom. The Bertz CT molecular complexity index is 2200. The molecule has 0 fully saturated rings. The van der Waals surface area contributed by atoms with Crippen molar-refractivity contribution < 1.29 is 0 Å². The minimum atomic E-state index is 0.395. The third-order valence-corrected chi connectivity index (χ3v) is 8.58. The van der Waals surface area contributed by atoms with Crippen LogP contribution in [0.4, 0.5) is 0 Å². The number of benzene rings is 6. The number of nitrogens with zero attached hydrogens (tertiary/aromatic N) is 2. The van der Waals surface area contributed by atoms with Crippen molar-refractivity contribution in [1.29, 1.82) is 5.41 Å². The fraction of sp³-hybridized carbons (Fsp3) is 0.0500. The highest BCUT2D eigenvalue weighted by Gasteiger charge is 2.22. The minimum Gasteiger partial charge on any atom is -0.309 e. The normalized spacial score (nSPS) is 12.2. The molecule has 0 amide bonds. The Hall–Kier alpha value is -5.54. The van der Waals surface area contributed by atoms with Gasteiger partial charge in [0.2, 0.25) is 0 Å². The highest BCUT2D eigenvalue weighted by Crippen LogP contribution is 2.44. The summed E-state index contributed by atoms with van der Waals surface area (Å²) in [6.45, 7) is 0.550. The van der Waals surface area contributed by atoms with Gasteiger partial charge in [0, 0.05) is 22.6 Å². The highest BCUT2D eigenvalue weighted by molar-refractivity contribution is 6.38. The number of nitrogens with one attached hydrogen (secondary N) is 1.